The van der Waals surface area contributed by atoms with Gasteiger partial charge in [-0.15, -0.1) is 11.3 Å². The number of sulfone groups is 1. The predicted molar refractivity (Wildman–Crippen MR) is 90.5 cm³/mol. The van der Waals surface area contributed by atoms with Crippen molar-refractivity contribution in [1.82, 2.24) is 10.3 Å². The van der Waals surface area contributed by atoms with Gasteiger partial charge in [-0.2, -0.15) is 0 Å². The number of carbonyl (C=O) groups excluding carboxylic acids is 1. The van der Waals surface area contributed by atoms with E-state index in [0.29, 0.717) is 11.6 Å². The Morgan fingerprint density at radius 1 is 1.29 bits per heavy atom. The SMILES string of the molecule is CS(=O)(=O)c1cccc(C(=O)NCc2coc(-c3cccs3)n2)c1. The Bertz CT molecular complexity index is 960. The van der Waals surface area contributed by atoms with E-state index in [1.165, 1.54) is 35.8 Å². The molecule has 2 aromatic heterocycles. The summed E-state index contributed by atoms with van der Waals surface area (Å²) in [6.07, 6.45) is 2.59. The lowest BCUT2D eigenvalue weighted by molar-refractivity contribution is 0.0950. The first-order chi connectivity index (χ1) is 11.4. The minimum absolute atomic E-state index is 0.108. The summed E-state index contributed by atoms with van der Waals surface area (Å²) in [5.74, 6) is 0.134. The van der Waals surface area contributed by atoms with Gasteiger partial charge in [-0.1, -0.05) is 12.1 Å². The van der Waals surface area contributed by atoms with E-state index in [-0.39, 0.29) is 22.9 Å². The van der Waals surface area contributed by atoms with E-state index in [1.54, 1.807) is 6.07 Å². The maximum Gasteiger partial charge on any atom is 0.251 e. The van der Waals surface area contributed by atoms with Gasteiger partial charge in [-0.25, -0.2) is 13.4 Å². The summed E-state index contributed by atoms with van der Waals surface area (Å²) in [4.78, 5) is 17.5. The zero-order chi connectivity index (χ0) is 17.2. The molecule has 124 valence electrons. The summed E-state index contributed by atoms with van der Waals surface area (Å²) in [6.45, 7) is 0.191. The molecule has 3 aromatic rings. The van der Waals surface area contributed by atoms with Crippen molar-refractivity contribution in [3.05, 3.63) is 59.3 Å². The van der Waals surface area contributed by atoms with Crippen molar-refractivity contribution in [1.29, 1.82) is 0 Å². The molecule has 1 N–H and O–H groups in total. The number of aromatic nitrogens is 1. The van der Waals surface area contributed by atoms with E-state index >= 15 is 0 Å². The molecule has 0 fully saturated rings. The second kappa shape index (κ2) is 6.58. The number of oxazole rings is 1. The van der Waals surface area contributed by atoms with E-state index in [4.69, 9.17) is 4.42 Å². The van der Waals surface area contributed by atoms with Gasteiger partial charge in [0, 0.05) is 11.8 Å². The van der Waals surface area contributed by atoms with Gasteiger partial charge in [0.25, 0.3) is 5.91 Å². The highest BCUT2D eigenvalue weighted by molar-refractivity contribution is 7.90. The molecular formula is C16H14N2O4S2. The molecule has 2 heterocycles. The summed E-state index contributed by atoms with van der Waals surface area (Å²) in [5.41, 5.74) is 0.867. The summed E-state index contributed by atoms with van der Waals surface area (Å²) < 4.78 is 28.5. The quantitative estimate of drug-likeness (QED) is 0.754. The van der Waals surface area contributed by atoms with Crippen molar-refractivity contribution in [2.75, 3.05) is 6.26 Å². The Morgan fingerprint density at radius 3 is 2.83 bits per heavy atom. The second-order valence-electron chi connectivity index (χ2n) is 5.10. The van der Waals surface area contributed by atoms with E-state index in [1.807, 2.05) is 17.5 Å². The lowest BCUT2D eigenvalue weighted by Gasteiger charge is -2.05. The van der Waals surface area contributed by atoms with Gasteiger partial charge >= 0.3 is 0 Å². The molecule has 8 heteroatoms. The van der Waals surface area contributed by atoms with Crippen LogP contribution in [-0.4, -0.2) is 25.6 Å². The fraction of sp³-hybridized carbons (Fsp3) is 0.125. The first kappa shape index (κ1) is 16.4. The second-order valence-corrected chi connectivity index (χ2v) is 8.07. The van der Waals surface area contributed by atoms with Crippen molar-refractivity contribution in [3.8, 4) is 10.8 Å². The number of benzene rings is 1. The molecule has 1 amide bonds. The topological polar surface area (TPSA) is 89.3 Å². The zero-order valence-electron chi connectivity index (χ0n) is 12.7. The minimum atomic E-state index is -3.35. The molecule has 0 unspecified atom stereocenters. The molecule has 0 saturated carbocycles. The van der Waals surface area contributed by atoms with Crippen LogP contribution in [0.15, 0.2) is 57.4 Å². The molecule has 3 rings (SSSR count). The molecule has 0 spiro atoms. The normalized spacial score (nSPS) is 11.4. The maximum absolute atomic E-state index is 12.2. The van der Waals surface area contributed by atoms with Crippen LogP contribution in [0.2, 0.25) is 0 Å². The average Bonchev–Trinajstić information content (AvgIpc) is 3.23. The van der Waals surface area contributed by atoms with Crippen molar-refractivity contribution < 1.29 is 17.6 Å². The van der Waals surface area contributed by atoms with Gasteiger partial charge < -0.3 is 9.73 Å². The monoisotopic (exact) mass is 362 g/mol. The van der Waals surface area contributed by atoms with Gasteiger partial charge in [0.05, 0.1) is 22.0 Å². The summed E-state index contributed by atoms with van der Waals surface area (Å²) in [6, 6.07) is 9.71. The predicted octanol–water partition coefficient (Wildman–Crippen LogP) is 2.74. The first-order valence-electron chi connectivity index (χ1n) is 7.00. The molecule has 0 bridgehead atoms. The Kier molecular flexibility index (Phi) is 4.50. The molecule has 6 nitrogen and oxygen atoms in total. The van der Waals surface area contributed by atoms with Crippen LogP contribution in [0.5, 0.6) is 0 Å². The van der Waals surface area contributed by atoms with Gasteiger partial charge in [0.2, 0.25) is 5.89 Å². The molecule has 0 aliphatic carbocycles. The van der Waals surface area contributed by atoms with Gasteiger partial charge in [-0.3, -0.25) is 4.79 Å². The molecule has 24 heavy (non-hydrogen) atoms. The number of rotatable bonds is 5. The van der Waals surface area contributed by atoms with Crippen molar-refractivity contribution in [3.63, 3.8) is 0 Å². The Labute approximate surface area is 143 Å². The van der Waals surface area contributed by atoms with Gasteiger partial charge in [-0.05, 0) is 29.6 Å². The number of nitrogens with one attached hydrogen (secondary N) is 1. The molecule has 0 atom stereocenters. The van der Waals surface area contributed by atoms with E-state index in [9.17, 15) is 13.2 Å². The van der Waals surface area contributed by atoms with Crippen LogP contribution in [0.25, 0.3) is 10.8 Å². The number of hydrogen-bond donors (Lipinski definition) is 1. The van der Waals surface area contributed by atoms with Crippen molar-refractivity contribution >= 4 is 27.1 Å². The Balaban J connectivity index is 1.68. The van der Waals surface area contributed by atoms with E-state index in [2.05, 4.69) is 10.3 Å². The molecule has 0 aliphatic heterocycles. The molecular weight excluding hydrogens is 348 g/mol. The molecule has 0 aliphatic rings. The zero-order valence-corrected chi connectivity index (χ0v) is 14.4. The number of nitrogens with zero attached hydrogens (tertiary/aromatic N) is 1. The fourth-order valence-corrected chi connectivity index (χ4v) is 3.36. The standard InChI is InChI=1S/C16H14N2O4S2/c1-24(20,21)13-5-2-4-11(8-13)15(19)17-9-12-10-22-16(18-12)14-6-3-7-23-14/h2-8,10H,9H2,1H3,(H,17,19). The van der Waals surface area contributed by atoms with Crippen LogP contribution >= 0.6 is 11.3 Å². The number of hydrogen-bond acceptors (Lipinski definition) is 6. The van der Waals surface area contributed by atoms with Crippen LogP contribution in [0, 0.1) is 0 Å². The average molecular weight is 362 g/mol. The highest BCUT2D eigenvalue weighted by atomic mass is 32.2. The van der Waals surface area contributed by atoms with Gasteiger partial charge in [0.15, 0.2) is 9.84 Å². The Morgan fingerprint density at radius 2 is 2.12 bits per heavy atom. The van der Waals surface area contributed by atoms with Crippen LogP contribution in [0.4, 0.5) is 0 Å². The van der Waals surface area contributed by atoms with Gasteiger partial charge in [0.1, 0.15) is 6.26 Å². The summed E-state index contributed by atoms with van der Waals surface area (Å²) >= 11 is 1.51. The van der Waals surface area contributed by atoms with Crippen LogP contribution in [0.1, 0.15) is 16.1 Å². The third-order valence-corrected chi connectivity index (χ3v) is 5.21. The third-order valence-electron chi connectivity index (χ3n) is 3.24. The molecule has 1 aromatic carbocycles. The van der Waals surface area contributed by atoms with Crippen LogP contribution in [-0.2, 0) is 16.4 Å². The van der Waals surface area contributed by atoms with Crippen LogP contribution < -0.4 is 5.32 Å². The van der Waals surface area contributed by atoms with Crippen molar-refractivity contribution in [2.24, 2.45) is 0 Å². The molecule has 0 saturated heterocycles. The fourth-order valence-electron chi connectivity index (χ4n) is 2.04. The number of carbonyl (C=O) groups is 1. The lowest BCUT2D eigenvalue weighted by atomic mass is 10.2. The van der Waals surface area contributed by atoms with E-state index < -0.39 is 9.84 Å². The highest BCUT2D eigenvalue weighted by Gasteiger charge is 2.13. The van der Waals surface area contributed by atoms with E-state index in [0.717, 1.165) is 11.1 Å². The van der Waals surface area contributed by atoms with Crippen LogP contribution in [0.3, 0.4) is 0 Å². The summed E-state index contributed by atoms with van der Waals surface area (Å²) in [5, 5.41) is 4.63. The summed E-state index contributed by atoms with van der Waals surface area (Å²) in [7, 11) is -3.35. The number of amides is 1. The maximum atomic E-state index is 12.2. The smallest absolute Gasteiger partial charge is 0.251 e. The largest absolute Gasteiger partial charge is 0.443 e. The highest BCUT2D eigenvalue weighted by Crippen LogP contribution is 2.23. The van der Waals surface area contributed by atoms with Crippen molar-refractivity contribution in [2.45, 2.75) is 11.4 Å². The Hall–Kier alpha value is -2.45. The molecule has 0 radical (unpaired) electrons. The lowest BCUT2D eigenvalue weighted by Crippen LogP contribution is -2.23. The first-order valence-corrected chi connectivity index (χ1v) is 9.77. The minimum Gasteiger partial charge on any atom is -0.443 e. The number of thiophene rings is 1. The third kappa shape index (κ3) is 3.72.